The zero-order valence-corrected chi connectivity index (χ0v) is 16.8. The third-order valence-corrected chi connectivity index (χ3v) is 4.95. The molecule has 1 aliphatic rings. The number of amides is 1. The molecule has 8 heteroatoms. The molecular formula is C21H26N4O4. The Kier molecular flexibility index (Phi) is 6.66. The highest BCUT2D eigenvalue weighted by molar-refractivity contribution is 5.93. The molecule has 29 heavy (non-hydrogen) atoms. The van der Waals surface area contributed by atoms with Crippen LogP contribution in [0.1, 0.15) is 12.5 Å². The van der Waals surface area contributed by atoms with Crippen LogP contribution in [0, 0.1) is 17.0 Å². The number of carbonyl (C=O) groups is 1. The first kappa shape index (κ1) is 20.6. The lowest BCUT2D eigenvalue weighted by molar-refractivity contribution is -0.384. The molecule has 1 heterocycles. The van der Waals surface area contributed by atoms with Crippen LogP contribution in [0.4, 0.5) is 17.1 Å². The average molecular weight is 398 g/mol. The Morgan fingerprint density at radius 2 is 1.90 bits per heavy atom. The molecule has 0 aliphatic carbocycles. The van der Waals surface area contributed by atoms with Crippen LogP contribution in [0.5, 0.6) is 5.75 Å². The number of carbonyl (C=O) groups excluding carboxylic acids is 1. The van der Waals surface area contributed by atoms with Gasteiger partial charge in [0.2, 0.25) is 5.91 Å². The summed E-state index contributed by atoms with van der Waals surface area (Å²) in [5, 5.41) is 13.8. The van der Waals surface area contributed by atoms with E-state index in [-0.39, 0.29) is 18.1 Å². The molecule has 1 N–H and O–H groups in total. The first-order valence-corrected chi connectivity index (χ1v) is 9.72. The molecule has 0 spiro atoms. The minimum atomic E-state index is -0.464. The number of nitrogens with one attached hydrogen (secondary N) is 1. The number of rotatable bonds is 7. The number of non-ortho nitro benzene ring substituents is 1. The van der Waals surface area contributed by atoms with E-state index in [1.165, 1.54) is 12.1 Å². The van der Waals surface area contributed by atoms with E-state index < -0.39 is 4.92 Å². The van der Waals surface area contributed by atoms with Crippen molar-refractivity contribution in [3.05, 3.63) is 58.1 Å². The Balaban J connectivity index is 1.55. The SMILES string of the molecule is CCOc1ccccc1N1CCN(CC(=O)Nc2cc([N+](=O)[O-])ccc2C)CC1. The number of hydrogen-bond donors (Lipinski definition) is 1. The molecule has 2 aromatic carbocycles. The number of hydrogen-bond acceptors (Lipinski definition) is 6. The van der Waals surface area contributed by atoms with Gasteiger partial charge in [-0.05, 0) is 31.5 Å². The zero-order chi connectivity index (χ0) is 20.8. The molecule has 1 aliphatic heterocycles. The van der Waals surface area contributed by atoms with Crippen molar-refractivity contribution in [1.82, 2.24) is 4.90 Å². The number of aryl methyl sites for hydroxylation is 1. The molecule has 0 radical (unpaired) electrons. The lowest BCUT2D eigenvalue weighted by atomic mass is 10.2. The normalized spacial score (nSPS) is 14.5. The lowest BCUT2D eigenvalue weighted by Crippen LogP contribution is -2.48. The number of ether oxygens (including phenoxy) is 1. The molecular weight excluding hydrogens is 372 g/mol. The molecule has 1 amide bonds. The number of para-hydroxylation sites is 2. The van der Waals surface area contributed by atoms with Crippen molar-refractivity contribution in [3.63, 3.8) is 0 Å². The summed E-state index contributed by atoms with van der Waals surface area (Å²) < 4.78 is 5.72. The Bertz CT molecular complexity index is 879. The predicted octanol–water partition coefficient (Wildman–Crippen LogP) is 3.06. The van der Waals surface area contributed by atoms with Crippen LogP contribution in [0.3, 0.4) is 0 Å². The fourth-order valence-electron chi connectivity index (χ4n) is 3.39. The minimum Gasteiger partial charge on any atom is -0.492 e. The summed E-state index contributed by atoms with van der Waals surface area (Å²) in [6.45, 7) is 7.76. The molecule has 0 aromatic heterocycles. The predicted molar refractivity (Wildman–Crippen MR) is 113 cm³/mol. The maximum absolute atomic E-state index is 12.4. The quantitative estimate of drug-likeness (QED) is 0.570. The number of nitro benzene ring substituents is 1. The van der Waals surface area contributed by atoms with Crippen molar-refractivity contribution < 1.29 is 14.5 Å². The maximum Gasteiger partial charge on any atom is 0.271 e. The summed E-state index contributed by atoms with van der Waals surface area (Å²) in [6, 6.07) is 12.5. The van der Waals surface area contributed by atoms with Gasteiger partial charge >= 0.3 is 0 Å². The molecule has 1 saturated heterocycles. The summed E-state index contributed by atoms with van der Waals surface area (Å²) in [7, 11) is 0. The molecule has 0 unspecified atom stereocenters. The number of benzene rings is 2. The lowest BCUT2D eigenvalue weighted by Gasteiger charge is -2.36. The molecule has 0 atom stereocenters. The molecule has 0 bridgehead atoms. The largest absolute Gasteiger partial charge is 0.492 e. The van der Waals surface area contributed by atoms with Gasteiger partial charge in [-0.25, -0.2) is 0 Å². The van der Waals surface area contributed by atoms with E-state index in [1.54, 1.807) is 6.07 Å². The highest BCUT2D eigenvalue weighted by Gasteiger charge is 2.21. The Morgan fingerprint density at radius 1 is 1.17 bits per heavy atom. The highest BCUT2D eigenvalue weighted by Crippen LogP contribution is 2.29. The minimum absolute atomic E-state index is 0.0347. The molecule has 3 rings (SSSR count). The van der Waals surface area contributed by atoms with Crippen molar-refractivity contribution in [3.8, 4) is 5.75 Å². The summed E-state index contributed by atoms with van der Waals surface area (Å²) in [5.41, 5.74) is 2.31. The Morgan fingerprint density at radius 3 is 2.59 bits per heavy atom. The van der Waals surface area contributed by atoms with Crippen molar-refractivity contribution in [2.45, 2.75) is 13.8 Å². The smallest absolute Gasteiger partial charge is 0.271 e. The summed E-state index contributed by atoms with van der Waals surface area (Å²) in [6.07, 6.45) is 0. The van der Waals surface area contributed by atoms with E-state index in [0.717, 1.165) is 43.2 Å². The van der Waals surface area contributed by atoms with E-state index in [0.29, 0.717) is 12.3 Å². The van der Waals surface area contributed by atoms with Crippen LogP contribution in [0.15, 0.2) is 42.5 Å². The van der Waals surface area contributed by atoms with Crippen LogP contribution in [0.25, 0.3) is 0 Å². The molecule has 2 aromatic rings. The Labute approximate surface area is 170 Å². The number of nitrogens with zero attached hydrogens (tertiary/aromatic N) is 3. The number of piperazine rings is 1. The van der Waals surface area contributed by atoms with Crippen LogP contribution >= 0.6 is 0 Å². The van der Waals surface area contributed by atoms with Gasteiger partial charge in [0.25, 0.3) is 5.69 Å². The summed E-state index contributed by atoms with van der Waals surface area (Å²) in [5.74, 6) is 0.708. The van der Waals surface area contributed by atoms with Gasteiger partial charge < -0.3 is 15.0 Å². The van der Waals surface area contributed by atoms with Crippen LogP contribution in [-0.2, 0) is 4.79 Å². The van der Waals surface area contributed by atoms with E-state index >= 15 is 0 Å². The summed E-state index contributed by atoms with van der Waals surface area (Å²) in [4.78, 5) is 27.3. The topological polar surface area (TPSA) is 88.0 Å². The van der Waals surface area contributed by atoms with Crippen molar-refractivity contribution in [2.24, 2.45) is 0 Å². The highest BCUT2D eigenvalue weighted by atomic mass is 16.6. The average Bonchev–Trinajstić information content (AvgIpc) is 2.71. The van der Waals surface area contributed by atoms with Crippen molar-refractivity contribution in [1.29, 1.82) is 0 Å². The third kappa shape index (κ3) is 5.23. The molecule has 154 valence electrons. The van der Waals surface area contributed by atoms with Gasteiger partial charge in [-0.3, -0.25) is 19.8 Å². The molecule has 1 fully saturated rings. The monoisotopic (exact) mass is 398 g/mol. The van der Waals surface area contributed by atoms with E-state index in [1.807, 2.05) is 32.0 Å². The van der Waals surface area contributed by atoms with E-state index in [2.05, 4.69) is 21.2 Å². The van der Waals surface area contributed by atoms with Crippen molar-refractivity contribution >= 4 is 23.0 Å². The van der Waals surface area contributed by atoms with Gasteiger partial charge in [0.1, 0.15) is 5.75 Å². The van der Waals surface area contributed by atoms with Gasteiger partial charge in [0.15, 0.2) is 0 Å². The zero-order valence-electron chi connectivity index (χ0n) is 16.8. The molecule has 0 saturated carbocycles. The molecule has 8 nitrogen and oxygen atoms in total. The maximum atomic E-state index is 12.4. The Hall–Kier alpha value is -3.13. The van der Waals surface area contributed by atoms with Crippen LogP contribution in [0.2, 0.25) is 0 Å². The van der Waals surface area contributed by atoms with Crippen LogP contribution in [-0.4, -0.2) is 55.1 Å². The van der Waals surface area contributed by atoms with E-state index in [4.69, 9.17) is 4.74 Å². The van der Waals surface area contributed by atoms with Gasteiger partial charge in [0, 0.05) is 38.3 Å². The van der Waals surface area contributed by atoms with Crippen LogP contribution < -0.4 is 15.0 Å². The second-order valence-electron chi connectivity index (χ2n) is 6.97. The second kappa shape index (κ2) is 9.38. The second-order valence-corrected chi connectivity index (χ2v) is 6.97. The first-order valence-electron chi connectivity index (χ1n) is 9.72. The third-order valence-electron chi connectivity index (χ3n) is 4.95. The van der Waals surface area contributed by atoms with Gasteiger partial charge in [-0.2, -0.15) is 0 Å². The van der Waals surface area contributed by atoms with E-state index in [9.17, 15) is 14.9 Å². The standard InChI is InChI=1S/C21H26N4O4/c1-3-29-20-7-5-4-6-19(20)24-12-10-23(11-13-24)15-21(26)22-18-14-17(25(27)28)9-8-16(18)2/h4-9,14H,3,10-13,15H2,1-2H3,(H,22,26). The fraction of sp³-hybridized carbons (Fsp3) is 0.381. The first-order chi connectivity index (χ1) is 14.0. The fourth-order valence-corrected chi connectivity index (χ4v) is 3.39. The number of anilines is 2. The summed E-state index contributed by atoms with van der Waals surface area (Å²) >= 11 is 0. The van der Waals surface area contributed by atoms with Gasteiger partial charge in [0.05, 0.1) is 29.4 Å². The van der Waals surface area contributed by atoms with Gasteiger partial charge in [-0.15, -0.1) is 0 Å². The van der Waals surface area contributed by atoms with Gasteiger partial charge in [-0.1, -0.05) is 18.2 Å². The number of nitro groups is 1. The van der Waals surface area contributed by atoms with Crippen molar-refractivity contribution in [2.75, 3.05) is 49.5 Å².